The number of rotatable bonds is 5. The van der Waals surface area contributed by atoms with E-state index in [2.05, 4.69) is 45.0 Å². The number of aliphatic imine (C=N–C) groups is 1. The molecule has 0 atom stereocenters. The quantitative estimate of drug-likeness (QED) is 0.246. The molecule has 0 N–H and O–H groups in total. The third-order valence-corrected chi connectivity index (χ3v) is 5.60. The molecule has 0 radical (unpaired) electrons. The van der Waals surface area contributed by atoms with Crippen LogP contribution < -0.4 is 0 Å². The van der Waals surface area contributed by atoms with Crippen molar-refractivity contribution < 1.29 is 8.83 Å². The number of hydrogen-bond acceptors (Lipinski definition) is 4. The zero-order valence-electron chi connectivity index (χ0n) is 16.9. The Morgan fingerprint density at radius 3 is 2.42 bits per heavy atom. The van der Waals surface area contributed by atoms with Crippen molar-refractivity contribution in [2.75, 3.05) is 0 Å². The molecule has 0 unspecified atom stereocenters. The van der Waals surface area contributed by atoms with Gasteiger partial charge in [-0.1, -0.05) is 41.1 Å². The van der Waals surface area contributed by atoms with Crippen molar-refractivity contribution in [1.82, 2.24) is 4.98 Å². The smallest absolute Gasteiger partial charge is 0.227 e. The van der Waals surface area contributed by atoms with Crippen molar-refractivity contribution in [3.05, 3.63) is 94.7 Å². The molecule has 3 aromatic carbocycles. The molecule has 5 heteroatoms. The number of furan rings is 1. The minimum atomic E-state index is 0.615. The van der Waals surface area contributed by atoms with Gasteiger partial charge in [0.15, 0.2) is 5.58 Å². The van der Waals surface area contributed by atoms with E-state index < -0.39 is 0 Å². The summed E-state index contributed by atoms with van der Waals surface area (Å²) in [6.45, 7) is 2.13. The van der Waals surface area contributed by atoms with Crippen molar-refractivity contribution in [1.29, 1.82) is 0 Å². The van der Waals surface area contributed by atoms with E-state index >= 15 is 0 Å². The highest BCUT2D eigenvalue weighted by Gasteiger charge is 2.09. The molecule has 0 aliphatic carbocycles. The number of halogens is 1. The second-order valence-electron chi connectivity index (χ2n) is 7.19. The fourth-order valence-corrected chi connectivity index (χ4v) is 3.60. The van der Waals surface area contributed by atoms with Crippen LogP contribution >= 0.6 is 15.9 Å². The number of hydrogen-bond donors (Lipinski definition) is 0. The van der Waals surface area contributed by atoms with E-state index in [0.29, 0.717) is 11.7 Å². The van der Waals surface area contributed by atoms with E-state index in [1.54, 1.807) is 6.21 Å². The number of aromatic nitrogens is 1. The molecule has 0 saturated carbocycles. The van der Waals surface area contributed by atoms with Crippen molar-refractivity contribution >= 4 is 38.9 Å². The molecule has 0 bridgehead atoms. The van der Waals surface area contributed by atoms with Crippen LogP contribution in [0.25, 0.3) is 33.9 Å². The number of nitrogens with zero attached hydrogens (tertiary/aromatic N) is 2. The number of benzene rings is 3. The highest BCUT2D eigenvalue weighted by atomic mass is 79.9. The molecule has 0 amide bonds. The van der Waals surface area contributed by atoms with Gasteiger partial charge in [-0.25, -0.2) is 4.98 Å². The Bertz CT molecular complexity index is 1360. The average Bonchev–Trinajstić information content (AvgIpc) is 3.45. The van der Waals surface area contributed by atoms with E-state index in [9.17, 15) is 0 Å². The maximum absolute atomic E-state index is 5.91. The summed E-state index contributed by atoms with van der Waals surface area (Å²) in [6, 6.07) is 25.8. The Morgan fingerprint density at radius 2 is 1.65 bits per heavy atom. The lowest BCUT2D eigenvalue weighted by atomic mass is 10.1. The second kappa shape index (κ2) is 8.36. The normalized spacial score (nSPS) is 11.5. The lowest BCUT2D eigenvalue weighted by Crippen LogP contribution is -1.79. The van der Waals surface area contributed by atoms with Crippen LogP contribution in [-0.2, 0) is 6.42 Å². The molecule has 2 heterocycles. The van der Waals surface area contributed by atoms with Gasteiger partial charge in [-0.2, -0.15) is 0 Å². The van der Waals surface area contributed by atoms with Gasteiger partial charge in [-0.15, -0.1) is 0 Å². The largest absolute Gasteiger partial charge is 0.455 e. The summed E-state index contributed by atoms with van der Waals surface area (Å²) in [7, 11) is 0. The van der Waals surface area contributed by atoms with Crippen molar-refractivity contribution in [3.63, 3.8) is 0 Å². The second-order valence-corrected chi connectivity index (χ2v) is 8.10. The van der Waals surface area contributed by atoms with E-state index in [-0.39, 0.29) is 0 Å². The van der Waals surface area contributed by atoms with Crippen molar-refractivity contribution in [2.24, 2.45) is 4.99 Å². The Hall–Kier alpha value is -3.44. The zero-order chi connectivity index (χ0) is 21.2. The lowest BCUT2D eigenvalue weighted by Gasteiger charge is -1.97. The monoisotopic (exact) mass is 470 g/mol. The first-order valence-electron chi connectivity index (χ1n) is 10.1. The zero-order valence-corrected chi connectivity index (χ0v) is 18.5. The molecule has 152 valence electrons. The maximum Gasteiger partial charge on any atom is 0.227 e. The summed E-state index contributed by atoms with van der Waals surface area (Å²) < 4.78 is 12.8. The summed E-state index contributed by atoms with van der Waals surface area (Å²) in [4.78, 5) is 9.15. The van der Waals surface area contributed by atoms with E-state index in [1.165, 1.54) is 5.56 Å². The molecular weight excluding hydrogens is 452 g/mol. The number of oxazole rings is 1. The highest BCUT2D eigenvalue weighted by Crippen LogP contribution is 2.27. The summed E-state index contributed by atoms with van der Waals surface area (Å²) in [5, 5.41) is 0. The Balaban J connectivity index is 1.32. The van der Waals surface area contributed by atoms with Crippen LogP contribution in [0.15, 0.2) is 97.2 Å². The van der Waals surface area contributed by atoms with E-state index in [4.69, 9.17) is 8.83 Å². The summed E-state index contributed by atoms with van der Waals surface area (Å²) >= 11 is 3.45. The molecule has 0 spiro atoms. The SMILES string of the molecule is CCc1ccc2oc(-c3ccc(N=Cc4ccc(-c5ccc(Br)cc5)o4)cc3)nc2c1. The predicted molar refractivity (Wildman–Crippen MR) is 128 cm³/mol. The Labute approximate surface area is 188 Å². The van der Waals surface area contributed by atoms with Gasteiger partial charge in [-0.3, -0.25) is 4.99 Å². The molecule has 0 saturated heterocycles. The molecule has 31 heavy (non-hydrogen) atoms. The first kappa shape index (κ1) is 19.5. The molecule has 2 aromatic heterocycles. The standard InChI is InChI=1S/C26H19BrN2O2/c1-2-17-3-13-25-23(15-17)29-26(31-25)19-6-10-21(11-7-19)28-16-22-12-14-24(30-22)18-4-8-20(27)9-5-18/h3-16H,2H2,1H3. The number of fused-ring (bicyclic) bond motifs is 1. The fourth-order valence-electron chi connectivity index (χ4n) is 3.34. The van der Waals surface area contributed by atoms with Crippen molar-refractivity contribution in [3.8, 4) is 22.8 Å². The van der Waals surface area contributed by atoms with Crippen LogP contribution in [0.3, 0.4) is 0 Å². The molecule has 5 rings (SSSR count). The predicted octanol–water partition coefficient (Wildman–Crippen LogP) is 7.83. The van der Waals surface area contributed by atoms with Crippen LogP contribution in [0, 0.1) is 0 Å². The van der Waals surface area contributed by atoms with Gasteiger partial charge in [0.1, 0.15) is 17.0 Å². The molecule has 5 aromatic rings. The maximum atomic E-state index is 5.91. The fraction of sp³-hybridized carbons (Fsp3) is 0.0769. The molecule has 0 aliphatic rings. The van der Waals surface area contributed by atoms with E-state index in [0.717, 1.165) is 44.6 Å². The minimum Gasteiger partial charge on any atom is -0.455 e. The lowest BCUT2D eigenvalue weighted by molar-refractivity contribution is 0.575. The third-order valence-electron chi connectivity index (χ3n) is 5.07. The van der Waals surface area contributed by atoms with Crippen LogP contribution in [0.5, 0.6) is 0 Å². The minimum absolute atomic E-state index is 0.615. The van der Waals surface area contributed by atoms with Gasteiger partial charge in [0.05, 0.1) is 11.9 Å². The van der Waals surface area contributed by atoms with Gasteiger partial charge in [0.2, 0.25) is 5.89 Å². The van der Waals surface area contributed by atoms with Crippen LogP contribution in [-0.4, -0.2) is 11.2 Å². The summed E-state index contributed by atoms with van der Waals surface area (Å²) in [5.74, 6) is 2.13. The molecular formula is C26H19BrN2O2. The summed E-state index contributed by atoms with van der Waals surface area (Å²) in [5.41, 5.74) is 5.71. The first-order chi connectivity index (χ1) is 15.2. The Morgan fingerprint density at radius 1 is 0.871 bits per heavy atom. The average molecular weight is 471 g/mol. The van der Waals surface area contributed by atoms with Crippen LogP contribution in [0.4, 0.5) is 5.69 Å². The Kier molecular flexibility index (Phi) is 5.26. The van der Waals surface area contributed by atoms with Crippen LogP contribution in [0.1, 0.15) is 18.2 Å². The highest BCUT2D eigenvalue weighted by molar-refractivity contribution is 9.10. The molecule has 0 aliphatic heterocycles. The topological polar surface area (TPSA) is 51.5 Å². The third kappa shape index (κ3) is 4.23. The van der Waals surface area contributed by atoms with Gasteiger partial charge in [0, 0.05) is 15.6 Å². The first-order valence-corrected chi connectivity index (χ1v) is 10.9. The van der Waals surface area contributed by atoms with Gasteiger partial charge < -0.3 is 8.83 Å². The van der Waals surface area contributed by atoms with E-state index in [1.807, 2.05) is 66.7 Å². The van der Waals surface area contributed by atoms with Crippen LogP contribution in [0.2, 0.25) is 0 Å². The van der Waals surface area contributed by atoms with Gasteiger partial charge in [0.25, 0.3) is 0 Å². The van der Waals surface area contributed by atoms with Gasteiger partial charge >= 0.3 is 0 Å². The molecule has 4 nitrogen and oxygen atoms in total. The van der Waals surface area contributed by atoms with Gasteiger partial charge in [-0.05, 0) is 72.6 Å². The molecule has 0 fully saturated rings. The van der Waals surface area contributed by atoms with Crippen molar-refractivity contribution in [2.45, 2.75) is 13.3 Å². The summed E-state index contributed by atoms with van der Waals surface area (Å²) in [6.07, 6.45) is 2.70. The number of aryl methyl sites for hydroxylation is 1.